The number of carbonyl (C=O) groups excluding carboxylic acids is 1. The third kappa shape index (κ3) is 6.23. The number of nitrogens with two attached hydrogens (primary N) is 1. The topological polar surface area (TPSA) is 206 Å². The fraction of sp³-hybridized carbons (Fsp3) is 0.269. The Bertz CT molecular complexity index is 1530. The molecule has 2 heterocycles. The first-order valence-electron chi connectivity index (χ1n) is 12.3. The van der Waals surface area contributed by atoms with Gasteiger partial charge in [0.15, 0.2) is 0 Å². The van der Waals surface area contributed by atoms with Crippen molar-refractivity contribution in [2.24, 2.45) is 15.8 Å². The molecule has 0 saturated carbocycles. The van der Waals surface area contributed by atoms with Gasteiger partial charge in [-0.15, -0.1) is 0 Å². The number of amidine groups is 1. The van der Waals surface area contributed by atoms with Gasteiger partial charge < -0.3 is 24.2 Å². The fourth-order valence-corrected chi connectivity index (χ4v) is 4.10. The van der Waals surface area contributed by atoms with Crippen LogP contribution < -0.4 is 15.3 Å². The number of aliphatic imine (C=N–C) groups is 2. The van der Waals surface area contributed by atoms with Gasteiger partial charge in [0.1, 0.15) is 29.1 Å². The maximum Gasteiger partial charge on any atom is 0.352 e. The molecule has 0 radical (unpaired) electrons. The molecule has 41 heavy (non-hydrogen) atoms. The van der Waals surface area contributed by atoms with E-state index in [-0.39, 0.29) is 23.6 Å². The Kier molecular flexibility index (Phi) is 8.44. The third-order valence-electron chi connectivity index (χ3n) is 5.96. The van der Waals surface area contributed by atoms with Gasteiger partial charge in [-0.25, -0.2) is 20.6 Å². The summed E-state index contributed by atoms with van der Waals surface area (Å²) in [5.41, 5.74) is -0.868. The lowest BCUT2D eigenvalue weighted by atomic mass is 10.1. The minimum atomic E-state index is -1.44. The zero-order valence-electron chi connectivity index (χ0n) is 22.0. The summed E-state index contributed by atoms with van der Waals surface area (Å²) >= 11 is 0. The van der Waals surface area contributed by atoms with Gasteiger partial charge in [-0.05, 0) is 37.3 Å². The van der Waals surface area contributed by atoms with E-state index >= 15 is 0 Å². The summed E-state index contributed by atoms with van der Waals surface area (Å²) in [6.45, 7) is 3.02. The summed E-state index contributed by atoms with van der Waals surface area (Å²) < 4.78 is 16.7. The number of nitriles is 1. The predicted octanol–water partition coefficient (Wildman–Crippen LogP) is 1.72. The molecule has 1 unspecified atom stereocenters. The average molecular weight is 564 g/mol. The highest BCUT2D eigenvalue weighted by Crippen LogP contribution is 2.29. The second-order valence-corrected chi connectivity index (χ2v) is 8.70. The van der Waals surface area contributed by atoms with Crippen LogP contribution >= 0.6 is 0 Å². The normalized spacial score (nSPS) is 16.5. The zero-order valence-corrected chi connectivity index (χ0v) is 22.0. The van der Waals surface area contributed by atoms with Gasteiger partial charge in [-0.2, -0.15) is 5.26 Å². The number of hydrogen-bond donors (Lipinski definition) is 2. The van der Waals surface area contributed by atoms with Crippen LogP contribution in [0.4, 0.5) is 0 Å². The van der Waals surface area contributed by atoms with Gasteiger partial charge in [0.05, 0.1) is 35.6 Å². The summed E-state index contributed by atoms with van der Waals surface area (Å²) in [5.74, 6) is 4.33. The molecule has 4 rings (SSSR count). The lowest BCUT2D eigenvalue weighted by Crippen LogP contribution is -2.49. The van der Waals surface area contributed by atoms with E-state index in [1.807, 2.05) is 18.0 Å². The van der Waals surface area contributed by atoms with E-state index in [9.17, 15) is 30.1 Å². The number of aromatic carboxylic acids is 1. The van der Waals surface area contributed by atoms with Crippen LogP contribution in [0.1, 0.15) is 34.8 Å². The van der Waals surface area contributed by atoms with Crippen molar-refractivity contribution in [3.05, 3.63) is 80.8 Å². The van der Waals surface area contributed by atoms with Crippen molar-refractivity contribution in [2.45, 2.75) is 19.7 Å². The lowest BCUT2D eigenvalue weighted by Gasteiger charge is -2.31. The molecule has 0 aliphatic carbocycles. The van der Waals surface area contributed by atoms with Crippen molar-refractivity contribution in [3.8, 4) is 17.6 Å². The summed E-state index contributed by atoms with van der Waals surface area (Å²) in [4.78, 5) is 46.0. The van der Waals surface area contributed by atoms with Crippen molar-refractivity contribution in [1.29, 1.82) is 5.26 Å². The van der Waals surface area contributed by atoms with Crippen LogP contribution in [0.5, 0.6) is 11.5 Å². The van der Waals surface area contributed by atoms with E-state index < -0.39 is 46.8 Å². The van der Waals surface area contributed by atoms with E-state index in [2.05, 4.69) is 9.98 Å². The van der Waals surface area contributed by atoms with Crippen molar-refractivity contribution in [2.75, 3.05) is 26.7 Å². The second-order valence-electron chi connectivity index (χ2n) is 8.70. The predicted molar refractivity (Wildman–Crippen MR) is 142 cm³/mol. The van der Waals surface area contributed by atoms with E-state index in [1.165, 1.54) is 12.1 Å². The number of allylic oxidation sites excluding steroid dienone is 1. The van der Waals surface area contributed by atoms with E-state index in [0.717, 1.165) is 29.0 Å². The molecule has 0 bridgehead atoms. The van der Waals surface area contributed by atoms with Crippen LogP contribution in [0.25, 0.3) is 0 Å². The Morgan fingerprint density at radius 3 is 2.68 bits per heavy atom. The van der Waals surface area contributed by atoms with Gasteiger partial charge in [0.2, 0.25) is 0 Å². The van der Waals surface area contributed by atoms with Crippen LogP contribution in [0, 0.1) is 21.4 Å². The maximum absolute atomic E-state index is 12.3. The van der Waals surface area contributed by atoms with Crippen LogP contribution in [-0.4, -0.2) is 76.5 Å². The number of carboxylic acid groups (broad SMARTS) is 1. The van der Waals surface area contributed by atoms with Crippen molar-refractivity contribution in [1.82, 2.24) is 9.91 Å². The molecule has 15 heteroatoms. The monoisotopic (exact) mass is 563 g/mol. The number of hydrazine groups is 1. The quantitative estimate of drug-likeness (QED) is 0.183. The number of nitrogens with zero attached hydrogens (tertiary/aromatic N) is 6. The van der Waals surface area contributed by atoms with E-state index in [0.29, 0.717) is 12.3 Å². The average Bonchev–Trinajstić information content (AvgIpc) is 3.37. The Balaban J connectivity index is 1.74. The molecule has 2 aliphatic rings. The number of ether oxygens (including phenoxy) is 3. The molecular weight excluding hydrogens is 538 g/mol. The summed E-state index contributed by atoms with van der Waals surface area (Å²) in [6.07, 6.45) is -2.03. The van der Waals surface area contributed by atoms with E-state index in [1.54, 1.807) is 31.2 Å². The number of nitro groups is 1. The second kappa shape index (κ2) is 12.1. The maximum atomic E-state index is 12.3. The molecule has 2 aromatic carbocycles. The number of carbonyl (C=O) groups is 2. The number of benzene rings is 2. The Labute approximate surface area is 233 Å². The van der Waals surface area contributed by atoms with Crippen LogP contribution in [0.3, 0.4) is 0 Å². The highest BCUT2D eigenvalue weighted by molar-refractivity contribution is 6.08. The summed E-state index contributed by atoms with van der Waals surface area (Å²) in [7, 11) is 1.90. The summed E-state index contributed by atoms with van der Waals surface area (Å²) in [5, 5.41) is 31.6. The molecular formula is C26H25N7O8. The molecule has 0 fully saturated rings. The molecule has 2 aliphatic heterocycles. The van der Waals surface area contributed by atoms with E-state index in [4.69, 9.17) is 20.1 Å². The zero-order chi connectivity index (χ0) is 29.7. The lowest BCUT2D eigenvalue weighted by molar-refractivity contribution is -0.420. The van der Waals surface area contributed by atoms with Crippen molar-refractivity contribution < 1.29 is 33.8 Å². The first-order chi connectivity index (χ1) is 19.6. The standard InChI is InChI=1S/C26H25N7O8/c1-3-39-21(34)13-20-22(33(37)38)24(40-18-8-7-16(14-27)19(12-18)25(35)36)32(28)26(30-20)41-17-6-4-5-15(11-17)23-29-9-10-31(23)2/h4-8,11-12,26H,3,9-10,13,28H2,1-2H3,(H,35,36). The molecule has 212 valence electrons. The fourth-order valence-electron chi connectivity index (χ4n) is 4.10. The molecule has 1 atom stereocenters. The first-order valence-corrected chi connectivity index (χ1v) is 12.3. The van der Waals surface area contributed by atoms with Gasteiger partial charge in [-0.1, -0.05) is 12.1 Å². The molecule has 2 aromatic rings. The number of esters is 1. The van der Waals surface area contributed by atoms with Crippen LogP contribution in [0.15, 0.2) is 64.0 Å². The van der Waals surface area contributed by atoms with Crippen LogP contribution in [-0.2, 0) is 9.53 Å². The molecule has 0 saturated heterocycles. The van der Waals surface area contributed by atoms with Gasteiger partial charge in [0, 0.05) is 19.2 Å². The highest BCUT2D eigenvalue weighted by Gasteiger charge is 2.40. The minimum Gasteiger partial charge on any atom is -0.478 e. The highest BCUT2D eigenvalue weighted by atomic mass is 16.6. The SMILES string of the molecule is CCOC(=O)CC1=NC(Oc2cccc(C3=NCCN3C)c2)N(N)C(Oc2ccc(C#N)c(C(=O)O)c2)=C1[N+](=O)[O-]. The smallest absolute Gasteiger partial charge is 0.352 e. The third-order valence-corrected chi connectivity index (χ3v) is 5.96. The van der Waals surface area contributed by atoms with Gasteiger partial charge in [0.25, 0.3) is 12.2 Å². The Morgan fingerprint density at radius 2 is 2.05 bits per heavy atom. The van der Waals surface area contributed by atoms with Crippen molar-refractivity contribution in [3.63, 3.8) is 0 Å². The Morgan fingerprint density at radius 1 is 1.27 bits per heavy atom. The number of likely N-dealkylation sites (N-methyl/N-ethyl adjacent to an activating group) is 1. The largest absolute Gasteiger partial charge is 0.478 e. The molecule has 0 amide bonds. The minimum absolute atomic E-state index is 0.0320. The molecule has 0 spiro atoms. The van der Waals surface area contributed by atoms with Crippen LogP contribution in [0.2, 0.25) is 0 Å². The van der Waals surface area contributed by atoms with Gasteiger partial charge in [-0.3, -0.25) is 19.9 Å². The van der Waals surface area contributed by atoms with Crippen molar-refractivity contribution >= 4 is 23.5 Å². The molecule has 15 nitrogen and oxygen atoms in total. The number of carboxylic acids is 1. The first kappa shape index (κ1) is 28.5. The van der Waals surface area contributed by atoms with Gasteiger partial charge >= 0.3 is 17.6 Å². The molecule has 3 N–H and O–H groups in total. The number of hydrogen-bond acceptors (Lipinski definition) is 13. The Hall–Kier alpha value is -5.49. The molecule has 0 aromatic heterocycles. The summed E-state index contributed by atoms with van der Waals surface area (Å²) in [6, 6.07) is 12.1. The number of rotatable bonds is 10.